The number of carboxylic acid groups (broad SMARTS) is 1. The predicted octanol–water partition coefficient (Wildman–Crippen LogP) is 2.90. The standard InChI is InChI=1S/C39H67N5O8/c1-12-25(6)34(43(9)38(48)33(24(4)5)42-37(47)32(40-8)23(2)3)30(51-10)22-31(45)44-20-16-19-29(44)35(52-11)26(7)36(46)41-28(39(49)50)21-27-17-14-13-15-18-27/h13-15,17-18,23-26,28-30,32-35,37,40,42,47H,12,16,19-22H2,1-11H3,(H,41,46)(H,49,50)/t25?,26?,28?,29?,30?,32?,33-,34?,35?,37?/m0/s1. The van der Waals surface area contributed by atoms with Crippen LogP contribution in [-0.4, -0.2) is 127 Å². The molecule has 1 aromatic carbocycles. The fourth-order valence-corrected chi connectivity index (χ4v) is 7.57. The molecule has 1 aliphatic heterocycles. The van der Waals surface area contributed by atoms with Gasteiger partial charge in [-0.3, -0.25) is 19.7 Å². The number of nitrogens with zero attached hydrogens (tertiary/aromatic N) is 2. The van der Waals surface area contributed by atoms with E-state index in [1.165, 1.54) is 7.11 Å². The molecule has 0 saturated carbocycles. The molecule has 1 saturated heterocycles. The van der Waals surface area contributed by atoms with E-state index in [2.05, 4.69) is 16.0 Å². The number of carboxylic acids is 1. The summed E-state index contributed by atoms with van der Waals surface area (Å²) in [7, 11) is 6.57. The topological polar surface area (TPSA) is 170 Å². The van der Waals surface area contributed by atoms with E-state index in [4.69, 9.17) is 9.47 Å². The average Bonchev–Trinajstić information content (AvgIpc) is 3.59. The van der Waals surface area contributed by atoms with E-state index in [1.54, 1.807) is 37.9 Å². The van der Waals surface area contributed by atoms with Gasteiger partial charge < -0.3 is 40.1 Å². The fraction of sp³-hybridized carbons (Fsp3) is 0.744. The maximum Gasteiger partial charge on any atom is 0.326 e. The Labute approximate surface area is 311 Å². The zero-order valence-corrected chi connectivity index (χ0v) is 33.3. The van der Waals surface area contributed by atoms with Crippen LogP contribution < -0.4 is 16.0 Å². The number of likely N-dealkylation sites (tertiary alicyclic amines) is 1. The number of likely N-dealkylation sites (N-methyl/N-ethyl adjacent to an activating group) is 2. The smallest absolute Gasteiger partial charge is 0.326 e. The lowest BCUT2D eigenvalue weighted by Gasteiger charge is -2.41. The number of aliphatic hydroxyl groups excluding tert-OH is 1. The molecule has 0 bridgehead atoms. The van der Waals surface area contributed by atoms with Crippen molar-refractivity contribution in [2.45, 2.75) is 129 Å². The molecule has 2 rings (SSSR count). The lowest BCUT2D eigenvalue weighted by Crippen LogP contribution is -2.61. The van der Waals surface area contributed by atoms with Crippen LogP contribution in [0.5, 0.6) is 0 Å². The van der Waals surface area contributed by atoms with Crippen LogP contribution in [0.3, 0.4) is 0 Å². The zero-order chi connectivity index (χ0) is 39.3. The molecule has 3 amide bonds. The number of amides is 3. The van der Waals surface area contributed by atoms with Gasteiger partial charge in [0.25, 0.3) is 0 Å². The van der Waals surface area contributed by atoms with Crippen LogP contribution in [0.25, 0.3) is 0 Å². The first-order valence-electron chi connectivity index (χ1n) is 18.8. The zero-order valence-electron chi connectivity index (χ0n) is 33.3. The Hall–Kier alpha value is -3.10. The predicted molar refractivity (Wildman–Crippen MR) is 201 cm³/mol. The molecule has 13 nitrogen and oxygen atoms in total. The third-order valence-electron chi connectivity index (χ3n) is 10.8. The third kappa shape index (κ3) is 12.0. The van der Waals surface area contributed by atoms with Gasteiger partial charge in [-0.25, -0.2) is 4.79 Å². The van der Waals surface area contributed by atoms with Crippen molar-refractivity contribution in [2.75, 3.05) is 34.9 Å². The highest BCUT2D eigenvalue weighted by Gasteiger charge is 2.43. The van der Waals surface area contributed by atoms with Gasteiger partial charge in [-0.05, 0) is 43.2 Å². The van der Waals surface area contributed by atoms with Gasteiger partial charge in [-0.2, -0.15) is 0 Å². The van der Waals surface area contributed by atoms with Gasteiger partial charge >= 0.3 is 5.97 Å². The minimum atomic E-state index is -1.13. The number of carbonyl (C=O) groups is 4. The molecule has 0 aliphatic carbocycles. The quantitative estimate of drug-likeness (QED) is 0.112. The van der Waals surface area contributed by atoms with Crippen molar-refractivity contribution in [2.24, 2.45) is 23.7 Å². The van der Waals surface area contributed by atoms with Crippen LogP contribution in [0.1, 0.15) is 79.7 Å². The first kappa shape index (κ1) is 45.1. The van der Waals surface area contributed by atoms with E-state index in [-0.39, 0.29) is 48.5 Å². The number of nitrogens with one attached hydrogen (secondary N) is 3. The lowest BCUT2D eigenvalue weighted by atomic mass is 9.89. The minimum Gasteiger partial charge on any atom is -0.480 e. The van der Waals surface area contributed by atoms with E-state index < -0.39 is 60.4 Å². The Bertz CT molecular complexity index is 1270. The number of rotatable bonds is 22. The maximum atomic E-state index is 14.2. The third-order valence-corrected chi connectivity index (χ3v) is 10.8. The number of aliphatic hydroxyl groups is 1. The van der Waals surface area contributed by atoms with E-state index in [9.17, 15) is 29.4 Å². The molecule has 1 aromatic rings. The highest BCUT2D eigenvalue weighted by molar-refractivity contribution is 5.86. The molecule has 5 N–H and O–H groups in total. The van der Waals surface area contributed by atoms with Gasteiger partial charge in [0.2, 0.25) is 17.7 Å². The summed E-state index contributed by atoms with van der Waals surface area (Å²) >= 11 is 0. The summed E-state index contributed by atoms with van der Waals surface area (Å²) in [5, 5.41) is 29.9. The Morgan fingerprint density at radius 3 is 2.13 bits per heavy atom. The van der Waals surface area contributed by atoms with Crippen LogP contribution in [0.2, 0.25) is 0 Å². The molecule has 0 spiro atoms. The van der Waals surface area contributed by atoms with Crippen molar-refractivity contribution in [3.8, 4) is 0 Å². The van der Waals surface area contributed by atoms with Crippen molar-refractivity contribution in [1.82, 2.24) is 25.8 Å². The van der Waals surface area contributed by atoms with Crippen molar-refractivity contribution in [3.05, 3.63) is 35.9 Å². The second kappa shape index (κ2) is 21.6. The first-order valence-corrected chi connectivity index (χ1v) is 18.8. The number of hydrogen-bond donors (Lipinski definition) is 5. The van der Waals surface area contributed by atoms with Gasteiger partial charge in [0.15, 0.2) is 0 Å². The van der Waals surface area contributed by atoms with Crippen LogP contribution in [0.15, 0.2) is 30.3 Å². The number of hydrogen-bond acceptors (Lipinski definition) is 9. The first-order chi connectivity index (χ1) is 24.5. The van der Waals surface area contributed by atoms with E-state index in [0.29, 0.717) is 13.0 Å². The largest absolute Gasteiger partial charge is 0.480 e. The molecule has 0 radical (unpaired) electrons. The molecule has 1 aliphatic rings. The van der Waals surface area contributed by atoms with Gasteiger partial charge in [0.1, 0.15) is 12.3 Å². The summed E-state index contributed by atoms with van der Waals surface area (Å²) in [6.45, 7) is 14.1. The Balaban J connectivity index is 2.26. The summed E-state index contributed by atoms with van der Waals surface area (Å²) in [4.78, 5) is 57.2. The molecule has 0 aromatic heterocycles. The van der Waals surface area contributed by atoms with Crippen LogP contribution in [-0.2, 0) is 35.1 Å². The normalized spacial score (nSPS) is 20.0. The summed E-state index contributed by atoms with van der Waals surface area (Å²) in [5.41, 5.74) is 0.789. The Kier molecular flexibility index (Phi) is 18.7. The molecule has 1 fully saturated rings. The SMILES string of the molecule is CCC(C)C(C(CC(=O)N1CCCC1C(OC)C(C)C(=O)NC(Cc1ccccc1)C(=O)O)OC)N(C)C(=O)[C@@H](NC(O)C(NC)C(C)C)C(C)C. The molecule has 10 atom stereocenters. The molecule has 13 heteroatoms. The average molecular weight is 734 g/mol. The summed E-state index contributed by atoms with van der Waals surface area (Å²) in [6.07, 6.45) is -0.0527. The van der Waals surface area contributed by atoms with Gasteiger partial charge in [-0.15, -0.1) is 0 Å². The number of ether oxygens (including phenoxy) is 2. The van der Waals surface area contributed by atoms with Gasteiger partial charge in [0, 0.05) is 40.3 Å². The number of aliphatic carboxylic acids is 1. The van der Waals surface area contributed by atoms with E-state index in [1.807, 2.05) is 71.9 Å². The van der Waals surface area contributed by atoms with Crippen molar-refractivity contribution in [1.29, 1.82) is 0 Å². The Morgan fingerprint density at radius 1 is 1.00 bits per heavy atom. The van der Waals surface area contributed by atoms with Crippen LogP contribution >= 0.6 is 0 Å². The highest BCUT2D eigenvalue weighted by Crippen LogP contribution is 2.30. The molecule has 9 unspecified atom stereocenters. The minimum absolute atomic E-state index is 0.00633. The van der Waals surface area contributed by atoms with Crippen molar-refractivity contribution >= 4 is 23.7 Å². The van der Waals surface area contributed by atoms with Crippen molar-refractivity contribution < 1.29 is 38.9 Å². The monoisotopic (exact) mass is 733 g/mol. The van der Waals surface area contributed by atoms with Crippen LogP contribution in [0.4, 0.5) is 0 Å². The maximum absolute atomic E-state index is 14.2. The Morgan fingerprint density at radius 2 is 1.63 bits per heavy atom. The number of carbonyl (C=O) groups excluding carboxylic acids is 3. The fourth-order valence-electron chi connectivity index (χ4n) is 7.57. The molecular weight excluding hydrogens is 666 g/mol. The van der Waals surface area contributed by atoms with Gasteiger partial charge in [0.05, 0.1) is 42.7 Å². The molecular formula is C39H67N5O8. The summed E-state index contributed by atoms with van der Waals surface area (Å²) in [5.74, 6) is -2.74. The van der Waals surface area contributed by atoms with E-state index >= 15 is 0 Å². The number of methoxy groups -OCH3 is 2. The number of benzene rings is 1. The molecule has 52 heavy (non-hydrogen) atoms. The molecule has 1 heterocycles. The van der Waals surface area contributed by atoms with Gasteiger partial charge in [-0.1, -0.05) is 85.2 Å². The highest BCUT2D eigenvalue weighted by atomic mass is 16.5. The van der Waals surface area contributed by atoms with Crippen LogP contribution in [0, 0.1) is 23.7 Å². The second-order valence-electron chi connectivity index (χ2n) is 15.1. The second-order valence-corrected chi connectivity index (χ2v) is 15.1. The summed E-state index contributed by atoms with van der Waals surface area (Å²) < 4.78 is 11.9. The summed E-state index contributed by atoms with van der Waals surface area (Å²) in [6, 6.07) is 6.19. The van der Waals surface area contributed by atoms with E-state index in [0.717, 1.165) is 18.4 Å². The van der Waals surface area contributed by atoms with Crippen molar-refractivity contribution in [3.63, 3.8) is 0 Å². The lowest BCUT2D eigenvalue weighted by molar-refractivity contribution is -0.148. The molecule has 296 valence electrons.